The normalized spacial score (nSPS) is 12.1. The van der Waals surface area contributed by atoms with Gasteiger partial charge in [0.2, 0.25) is 0 Å². The first kappa shape index (κ1) is 35.3. The minimum Gasteiger partial charge on any atom is -0.483 e. The lowest BCUT2D eigenvalue weighted by molar-refractivity contribution is -0.129. The Bertz CT molecular complexity index is 1720. The molecule has 1 heterocycles. The van der Waals surface area contributed by atoms with E-state index in [-0.39, 0.29) is 29.3 Å². The van der Waals surface area contributed by atoms with E-state index in [2.05, 4.69) is 11.6 Å². The van der Waals surface area contributed by atoms with E-state index in [0.29, 0.717) is 45.8 Å². The smallest absolute Gasteiger partial charge is 0.293 e. The number of nitrogens with zero attached hydrogens (tertiary/aromatic N) is 2. The van der Waals surface area contributed by atoms with Crippen molar-refractivity contribution >= 4 is 29.1 Å². The van der Waals surface area contributed by atoms with Crippen molar-refractivity contribution in [2.75, 3.05) is 0 Å². The van der Waals surface area contributed by atoms with Crippen LogP contribution in [-0.4, -0.2) is 21.7 Å². The van der Waals surface area contributed by atoms with Crippen LogP contribution in [0.5, 0.6) is 0 Å². The van der Waals surface area contributed by atoms with Gasteiger partial charge in [0.05, 0.1) is 18.2 Å². The summed E-state index contributed by atoms with van der Waals surface area (Å²) < 4.78 is 36.5. The maximum Gasteiger partial charge on any atom is 0.293 e. The zero-order valence-corrected chi connectivity index (χ0v) is 27.2. The second-order valence-electron chi connectivity index (χ2n) is 10.5. The molecule has 3 rings (SSSR count). The number of pyridine rings is 1. The molecule has 236 valence electrons. The molecule has 0 bridgehead atoms. The van der Waals surface area contributed by atoms with Crippen molar-refractivity contribution in [2.24, 2.45) is 0 Å². The number of benzene rings is 2. The summed E-state index contributed by atoms with van der Waals surface area (Å²) in [5.41, 5.74) is 1.51. The first-order valence-corrected chi connectivity index (χ1v) is 15.1. The lowest BCUT2D eigenvalue weighted by atomic mass is 10.0. The summed E-state index contributed by atoms with van der Waals surface area (Å²) in [6.07, 6.45) is 5.19. The number of aromatic nitrogens is 1. The Kier molecular flexibility index (Phi) is 12.3. The van der Waals surface area contributed by atoms with E-state index in [9.17, 15) is 14.9 Å². The quantitative estimate of drug-likeness (QED) is 0.113. The summed E-state index contributed by atoms with van der Waals surface area (Å²) in [5.74, 6) is -4.93. The molecule has 0 unspecified atom stereocenters. The molecule has 0 saturated heterocycles. The van der Waals surface area contributed by atoms with Gasteiger partial charge in [-0.15, -0.1) is 0 Å². The Morgan fingerprint density at radius 3 is 2.40 bits per heavy atom. The molecule has 2 aromatic carbocycles. The van der Waals surface area contributed by atoms with Gasteiger partial charge >= 0.3 is 0 Å². The number of ether oxygens (including phenoxy) is 1. The van der Waals surface area contributed by atoms with Crippen LogP contribution in [0.25, 0.3) is 11.1 Å². The van der Waals surface area contributed by atoms with Crippen molar-refractivity contribution in [3.05, 3.63) is 127 Å². The summed E-state index contributed by atoms with van der Waals surface area (Å²) in [6, 6.07) is 15.0. The summed E-state index contributed by atoms with van der Waals surface area (Å²) in [5, 5.41) is 10.1. The maximum absolute atomic E-state index is 15.3. The molecule has 0 atom stereocenters. The van der Waals surface area contributed by atoms with Crippen LogP contribution < -0.4 is 5.56 Å². The highest BCUT2D eigenvalue weighted by atomic mass is 35.5. The topological polar surface area (TPSA) is 86.2 Å². The van der Waals surface area contributed by atoms with Crippen LogP contribution in [-0.2, 0) is 29.1 Å². The van der Waals surface area contributed by atoms with Crippen LogP contribution in [0.4, 0.5) is 8.78 Å². The highest BCUT2D eigenvalue weighted by molar-refractivity contribution is 6.31. The van der Waals surface area contributed by atoms with E-state index < -0.39 is 28.7 Å². The number of aromatic amines is 1. The average Bonchev–Trinajstić information content (AvgIpc) is 3.01. The average molecular weight is 655 g/mol. The number of hydrogen-bond donors (Lipinski definition) is 1. The largest absolute Gasteiger partial charge is 0.483 e. The number of amides is 1. The van der Waals surface area contributed by atoms with Crippen LogP contribution in [0.1, 0.15) is 62.9 Å². The number of rotatable bonds is 13. The number of unbranched alkanes of at least 4 members (excludes halogenated alkanes) is 1. The molecule has 0 spiro atoms. The van der Waals surface area contributed by atoms with Crippen LogP contribution in [0.3, 0.4) is 0 Å². The van der Waals surface area contributed by atoms with E-state index in [1.807, 2.05) is 19.9 Å². The molecule has 45 heavy (non-hydrogen) atoms. The Morgan fingerprint density at radius 1 is 1.11 bits per heavy atom. The molecule has 0 radical (unpaired) electrons. The fourth-order valence-corrected chi connectivity index (χ4v) is 4.92. The molecule has 0 fully saturated rings. The van der Waals surface area contributed by atoms with Crippen molar-refractivity contribution in [2.45, 2.75) is 66.0 Å². The van der Waals surface area contributed by atoms with Crippen molar-refractivity contribution in [3.63, 3.8) is 0 Å². The van der Waals surface area contributed by atoms with E-state index in [1.165, 1.54) is 30.0 Å². The minimum absolute atomic E-state index is 0.0475. The standard InChI is InChI=1S/C35H35Cl2F2N3O3/c1-6-8-9-14-42(20-27-18-30(33(43)41-31(27)7-2)26-10-12-28(36)13-11-26)34(44)32(23(5)35(38,39)22(3)4)45-21-25-15-24(19-40)16-29(37)17-25/h9-18H,3,6-8,20-21H2,1-2,4-5H3,(H,41,43). The monoisotopic (exact) mass is 653 g/mol. The number of carbonyl (C=O) groups excluding carboxylic acids is 1. The number of aryl methyl sites for hydroxylation is 1. The molecule has 3 aromatic rings. The van der Waals surface area contributed by atoms with E-state index in [1.54, 1.807) is 42.6 Å². The van der Waals surface area contributed by atoms with Crippen LogP contribution >= 0.6 is 23.2 Å². The molecule has 1 aromatic heterocycles. The fraction of sp³-hybridized carbons (Fsp3) is 0.286. The number of H-pyrrole nitrogens is 1. The minimum atomic E-state index is -3.55. The summed E-state index contributed by atoms with van der Waals surface area (Å²) in [6.45, 7) is 9.21. The van der Waals surface area contributed by atoms with Gasteiger partial charge in [-0.3, -0.25) is 9.59 Å². The summed E-state index contributed by atoms with van der Waals surface area (Å²) in [7, 11) is 0. The second kappa shape index (κ2) is 15.7. The van der Waals surface area contributed by atoms with Gasteiger partial charge in [-0.2, -0.15) is 14.0 Å². The Balaban J connectivity index is 2.13. The van der Waals surface area contributed by atoms with Crippen molar-refractivity contribution in [3.8, 4) is 17.2 Å². The zero-order valence-electron chi connectivity index (χ0n) is 25.6. The van der Waals surface area contributed by atoms with Gasteiger partial charge in [0, 0.05) is 33.1 Å². The van der Waals surface area contributed by atoms with Gasteiger partial charge in [-0.1, -0.05) is 68.3 Å². The number of hydrogen-bond acceptors (Lipinski definition) is 4. The number of nitriles is 1. The number of nitrogens with one attached hydrogen (secondary N) is 1. The molecule has 0 aliphatic carbocycles. The van der Waals surface area contributed by atoms with Gasteiger partial charge in [0.15, 0.2) is 5.76 Å². The van der Waals surface area contributed by atoms with Crippen molar-refractivity contribution in [1.29, 1.82) is 5.26 Å². The van der Waals surface area contributed by atoms with Crippen LogP contribution in [0.15, 0.2) is 89.1 Å². The van der Waals surface area contributed by atoms with E-state index >= 15 is 8.78 Å². The second-order valence-corrected chi connectivity index (χ2v) is 11.4. The zero-order chi connectivity index (χ0) is 33.3. The summed E-state index contributed by atoms with van der Waals surface area (Å²) in [4.78, 5) is 31.4. The van der Waals surface area contributed by atoms with Gasteiger partial charge in [0.1, 0.15) is 6.61 Å². The first-order valence-electron chi connectivity index (χ1n) is 14.4. The molecular weight excluding hydrogens is 619 g/mol. The number of allylic oxidation sites excluding steroid dienone is 3. The molecule has 1 N–H and O–H groups in total. The predicted octanol–water partition coefficient (Wildman–Crippen LogP) is 9.13. The molecule has 0 aliphatic heterocycles. The fourth-order valence-electron chi connectivity index (χ4n) is 4.53. The molecular formula is C35H35Cl2F2N3O3. The van der Waals surface area contributed by atoms with Gasteiger partial charge in [-0.05, 0) is 85.4 Å². The van der Waals surface area contributed by atoms with Gasteiger partial charge < -0.3 is 14.6 Å². The SMILES string of the molecule is C=C(C)C(F)(F)C(C)=C(OCc1cc(Cl)cc(C#N)c1)C(=O)N(C=CCCC)Cc1cc(-c2ccc(Cl)cc2)c(=O)[nH]c1CC. The highest BCUT2D eigenvalue weighted by Gasteiger charge is 2.38. The van der Waals surface area contributed by atoms with Crippen LogP contribution in [0.2, 0.25) is 10.0 Å². The van der Waals surface area contributed by atoms with Crippen LogP contribution in [0, 0.1) is 11.3 Å². The Hall–Kier alpha value is -4.19. The van der Waals surface area contributed by atoms with E-state index in [4.69, 9.17) is 27.9 Å². The number of carbonyl (C=O) groups is 1. The highest BCUT2D eigenvalue weighted by Crippen LogP contribution is 2.34. The van der Waals surface area contributed by atoms with Gasteiger partial charge in [0.25, 0.3) is 17.4 Å². The third-order valence-corrected chi connectivity index (χ3v) is 7.55. The third-order valence-electron chi connectivity index (χ3n) is 7.08. The maximum atomic E-state index is 15.3. The van der Waals surface area contributed by atoms with Crippen molar-refractivity contribution in [1.82, 2.24) is 9.88 Å². The Morgan fingerprint density at radius 2 is 1.80 bits per heavy atom. The Labute approximate surface area is 272 Å². The number of alkyl halides is 2. The third kappa shape index (κ3) is 8.93. The lowest BCUT2D eigenvalue weighted by Gasteiger charge is -2.26. The summed E-state index contributed by atoms with van der Waals surface area (Å²) >= 11 is 12.2. The van der Waals surface area contributed by atoms with Gasteiger partial charge in [-0.25, -0.2) is 0 Å². The lowest BCUT2D eigenvalue weighted by Crippen LogP contribution is -2.32. The molecule has 0 saturated carbocycles. The molecule has 6 nitrogen and oxygen atoms in total. The predicted molar refractivity (Wildman–Crippen MR) is 175 cm³/mol. The molecule has 10 heteroatoms. The number of halogens is 4. The molecule has 1 amide bonds. The van der Waals surface area contributed by atoms with Crippen molar-refractivity contribution < 1.29 is 18.3 Å². The first-order chi connectivity index (χ1) is 21.3. The molecule has 0 aliphatic rings. The van der Waals surface area contributed by atoms with E-state index in [0.717, 1.165) is 13.3 Å².